The van der Waals surface area contributed by atoms with E-state index < -0.39 is 16.0 Å². The zero-order valence-corrected chi connectivity index (χ0v) is 13.3. The van der Waals surface area contributed by atoms with Crippen molar-refractivity contribution in [2.75, 3.05) is 13.1 Å². The zero-order valence-electron chi connectivity index (χ0n) is 11.6. The van der Waals surface area contributed by atoms with Crippen molar-refractivity contribution in [2.45, 2.75) is 37.3 Å². The van der Waals surface area contributed by atoms with Gasteiger partial charge in [0, 0.05) is 13.1 Å². The van der Waals surface area contributed by atoms with Gasteiger partial charge in [0.2, 0.25) is 0 Å². The van der Waals surface area contributed by atoms with E-state index in [1.807, 2.05) is 0 Å². The first kappa shape index (κ1) is 15.5. The first-order valence-corrected chi connectivity index (χ1v) is 8.81. The Balaban J connectivity index is 2.23. The number of thiophene rings is 1. The van der Waals surface area contributed by atoms with Gasteiger partial charge in [-0.15, -0.1) is 11.3 Å². The summed E-state index contributed by atoms with van der Waals surface area (Å²) in [5.74, 6) is -1.09. The van der Waals surface area contributed by atoms with Crippen LogP contribution in [0.1, 0.15) is 42.8 Å². The molecule has 0 bridgehead atoms. The van der Waals surface area contributed by atoms with Gasteiger partial charge >= 0.3 is 5.97 Å². The van der Waals surface area contributed by atoms with Crippen LogP contribution in [-0.2, 0) is 10.0 Å². The lowest BCUT2D eigenvalue weighted by atomic mass is 9.85. The van der Waals surface area contributed by atoms with Crippen LogP contribution < -0.4 is 0 Å². The minimum atomic E-state index is -3.56. The number of nitrogens with zero attached hydrogens (tertiary/aromatic N) is 1. The third kappa shape index (κ3) is 3.21. The highest BCUT2D eigenvalue weighted by Crippen LogP contribution is 2.33. The first-order valence-electron chi connectivity index (χ1n) is 6.56. The molecule has 0 spiro atoms. The molecule has 1 aromatic heterocycles. The summed E-state index contributed by atoms with van der Waals surface area (Å²) in [7, 11) is -3.56. The van der Waals surface area contributed by atoms with Crippen LogP contribution in [0, 0.1) is 5.41 Å². The molecule has 0 saturated carbocycles. The van der Waals surface area contributed by atoms with E-state index in [1.54, 1.807) is 0 Å². The molecule has 2 heterocycles. The fourth-order valence-electron chi connectivity index (χ4n) is 2.34. The van der Waals surface area contributed by atoms with Crippen LogP contribution in [0.25, 0.3) is 0 Å². The van der Waals surface area contributed by atoms with Gasteiger partial charge < -0.3 is 5.11 Å². The maximum absolute atomic E-state index is 12.5. The Morgan fingerprint density at radius 1 is 1.30 bits per heavy atom. The number of carboxylic acids is 1. The number of aromatic carboxylic acids is 1. The van der Waals surface area contributed by atoms with Gasteiger partial charge in [0.05, 0.1) is 0 Å². The van der Waals surface area contributed by atoms with Crippen LogP contribution in [0.15, 0.2) is 16.3 Å². The summed E-state index contributed by atoms with van der Waals surface area (Å²) in [6, 6.07) is 2.74. The summed E-state index contributed by atoms with van der Waals surface area (Å²) >= 11 is 0.819. The zero-order chi connectivity index (χ0) is 15.0. The molecule has 1 N–H and O–H groups in total. The van der Waals surface area contributed by atoms with Crippen LogP contribution in [0.5, 0.6) is 0 Å². The minimum Gasteiger partial charge on any atom is -0.477 e. The third-order valence-electron chi connectivity index (χ3n) is 3.69. The van der Waals surface area contributed by atoms with Crippen LogP contribution in [0.3, 0.4) is 0 Å². The van der Waals surface area contributed by atoms with E-state index in [0.717, 1.165) is 30.6 Å². The Morgan fingerprint density at radius 2 is 2.00 bits per heavy atom. The summed E-state index contributed by atoms with van der Waals surface area (Å²) in [5.41, 5.74) is 0.159. The normalized spacial score (nSPS) is 20.5. The van der Waals surface area contributed by atoms with Crippen molar-refractivity contribution in [1.29, 1.82) is 0 Å². The molecule has 1 fully saturated rings. The lowest BCUT2D eigenvalue weighted by Gasteiger charge is -2.22. The summed E-state index contributed by atoms with van der Waals surface area (Å²) in [6.45, 7) is 5.30. The molecule has 7 heteroatoms. The van der Waals surface area contributed by atoms with Crippen LogP contribution in [0.2, 0.25) is 0 Å². The molecule has 1 saturated heterocycles. The molecule has 1 aliphatic rings. The number of hydrogen-bond donors (Lipinski definition) is 1. The van der Waals surface area contributed by atoms with Crippen molar-refractivity contribution < 1.29 is 18.3 Å². The van der Waals surface area contributed by atoms with Crippen LogP contribution in [-0.4, -0.2) is 36.9 Å². The molecule has 112 valence electrons. The SMILES string of the molecule is CC1(C)CCCN(S(=O)(=O)c2ccc(C(=O)O)s2)CC1. The standard InChI is InChI=1S/C13H19NO4S2/c1-13(2)6-3-8-14(9-7-13)20(17,18)11-5-4-10(19-11)12(15)16/h4-5H,3,6-9H2,1-2H3,(H,15,16). The Bertz CT molecular complexity index is 604. The van der Waals surface area contributed by atoms with Crippen molar-refractivity contribution >= 4 is 27.3 Å². The maximum Gasteiger partial charge on any atom is 0.345 e. The van der Waals surface area contributed by atoms with E-state index in [9.17, 15) is 13.2 Å². The lowest BCUT2D eigenvalue weighted by Crippen LogP contribution is -2.32. The number of carbonyl (C=O) groups is 1. The second-order valence-corrected chi connectivity index (χ2v) is 9.09. The summed E-state index contributed by atoms with van der Waals surface area (Å²) in [6.07, 6.45) is 2.66. The van der Waals surface area contributed by atoms with Crippen LogP contribution >= 0.6 is 11.3 Å². The van der Waals surface area contributed by atoms with Gasteiger partial charge in [-0.25, -0.2) is 13.2 Å². The van der Waals surface area contributed by atoms with Crippen molar-refractivity contribution in [1.82, 2.24) is 4.31 Å². The van der Waals surface area contributed by atoms with E-state index in [-0.39, 0.29) is 14.5 Å². The van der Waals surface area contributed by atoms with Crippen LogP contribution in [0.4, 0.5) is 0 Å². The van der Waals surface area contributed by atoms with E-state index in [4.69, 9.17) is 5.11 Å². The average molecular weight is 317 g/mol. The van der Waals surface area contributed by atoms with E-state index in [1.165, 1.54) is 16.4 Å². The number of rotatable bonds is 3. The minimum absolute atomic E-state index is 0.0544. The topological polar surface area (TPSA) is 74.7 Å². The molecule has 0 unspecified atom stereocenters. The molecule has 0 radical (unpaired) electrons. The monoisotopic (exact) mass is 317 g/mol. The molecule has 0 aliphatic carbocycles. The highest BCUT2D eigenvalue weighted by atomic mass is 32.2. The average Bonchev–Trinajstić information content (AvgIpc) is 2.76. The molecular weight excluding hydrogens is 298 g/mol. The molecule has 5 nitrogen and oxygen atoms in total. The highest BCUT2D eigenvalue weighted by Gasteiger charge is 2.31. The molecule has 0 aromatic carbocycles. The molecule has 0 amide bonds. The Morgan fingerprint density at radius 3 is 2.60 bits per heavy atom. The number of carboxylic acid groups (broad SMARTS) is 1. The molecule has 1 aromatic rings. The van der Waals surface area contributed by atoms with E-state index in [2.05, 4.69) is 13.8 Å². The van der Waals surface area contributed by atoms with Gasteiger partial charge in [-0.3, -0.25) is 0 Å². The van der Waals surface area contributed by atoms with Crippen molar-refractivity contribution in [3.63, 3.8) is 0 Å². The number of sulfonamides is 1. The maximum atomic E-state index is 12.5. The molecule has 20 heavy (non-hydrogen) atoms. The third-order valence-corrected chi connectivity index (χ3v) is 7.12. The van der Waals surface area contributed by atoms with Gasteiger partial charge in [0.15, 0.2) is 0 Å². The highest BCUT2D eigenvalue weighted by molar-refractivity contribution is 7.91. The second-order valence-electron chi connectivity index (χ2n) is 5.85. The fourth-order valence-corrected chi connectivity index (χ4v) is 5.12. The molecule has 0 atom stereocenters. The second kappa shape index (κ2) is 5.46. The van der Waals surface area contributed by atoms with Crippen molar-refractivity contribution in [3.05, 3.63) is 17.0 Å². The predicted molar refractivity (Wildman–Crippen MR) is 77.7 cm³/mol. The quantitative estimate of drug-likeness (QED) is 0.930. The van der Waals surface area contributed by atoms with Gasteiger partial charge in [-0.05, 0) is 36.8 Å². The molecule has 2 rings (SSSR count). The first-order chi connectivity index (χ1) is 9.22. The predicted octanol–water partition coefficient (Wildman–Crippen LogP) is 2.65. The van der Waals surface area contributed by atoms with Gasteiger partial charge in [-0.1, -0.05) is 13.8 Å². The lowest BCUT2D eigenvalue weighted by molar-refractivity contribution is 0.0702. The van der Waals surface area contributed by atoms with Gasteiger partial charge in [0.1, 0.15) is 9.09 Å². The summed E-state index contributed by atoms with van der Waals surface area (Å²) < 4.78 is 26.7. The largest absolute Gasteiger partial charge is 0.477 e. The Labute approximate surface area is 123 Å². The van der Waals surface area contributed by atoms with E-state index in [0.29, 0.717) is 13.1 Å². The Hall–Kier alpha value is -0.920. The van der Waals surface area contributed by atoms with Crippen molar-refractivity contribution in [2.24, 2.45) is 5.41 Å². The number of hydrogen-bond acceptors (Lipinski definition) is 4. The fraction of sp³-hybridized carbons (Fsp3) is 0.615. The van der Waals surface area contributed by atoms with Gasteiger partial charge in [0.25, 0.3) is 10.0 Å². The molecular formula is C13H19NO4S2. The molecule has 1 aliphatic heterocycles. The van der Waals surface area contributed by atoms with Crippen molar-refractivity contribution in [3.8, 4) is 0 Å². The summed E-state index contributed by atoms with van der Waals surface area (Å²) in [5, 5.41) is 8.89. The summed E-state index contributed by atoms with van der Waals surface area (Å²) in [4.78, 5) is 10.9. The smallest absolute Gasteiger partial charge is 0.345 e. The Kier molecular flexibility index (Phi) is 4.22. The van der Waals surface area contributed by atoms with E-state index >= 15 is 0 Å². The van der Waals surface area contributed by atoms with Gasteiger partial charge in [-0.2, -0.15) is 4.31 Å².